The smallest absolute Gasteiger partial charge is 0.255 e. The summed E-state index contributed by atoms with van der Waals surface area (Å²) in [5.74, 6) is -3.05. The largest absolute Gasteiger partial charge is 0.395 e. The number of aryl methyl sites for hydroxylation is 1. The molecule has 0 radical (unpaired) electrons. The van der Waals surface area contributed by atoms with Crippen molar-refractivity contribution >= 4 is 43.9 Å². The molecule has 0 bridgehead atoms. The van der Waals surface area contributed by atoms with Crippen molar-refractivity contribution in [3.63, 3.8) is 0 Å². The highest BCUT2D eigenvalue weighted by Crippen LogP contribution is 2.54. The fourth-order valence-electron chi connectivity index (χ4n) is 6.38. The van der Waals surface area contributed by atoms with Crippen LogP contribution in [0.15, 0.2) is 47.5 Å². The molecule has 1 amide bonds. The second-order valence-electron chi connectivity index (χ2n) is 12.5. The van der Waals surface area contributed by atoms with Crippen LogP contribution in [0.3, 0.4) is 0 Å². The number of carbonyl (C=O) groups is 1. The number of nitrogens with one attached hydrogen (secondary N) is 2. The number of anilines is 3. The Morgan fingerprint density at radius 1 is 0.953 bits per heavy atom. The zero-order valence-electron chi connectivity index (χ0n) is 24.6. The molecular weight excluding hydrogens is 576 g/mol. The third kappa shape index (κ3) is 6.09. The molecule has 2 saturated heterocycles. The minimum Gasteiger partial charge on any atom is -0.395 e. The van der Waals surface area contributed by atoms with Crippen LogP contribution in [0.25, 0.3) is 10.9 Å². The first kappa shape index (κ1) is 29.8. The van der Waals surface area contributed by atoms with E-state index in [2.05, 4.69) is 14.9 Å². The minimum atomic E-state index is -3.90. The Labute approximate surface area is 250 Å². The SMILES string of the molecule is C[C@H](CO)NS(=O)(=O)c1ccc(NC(=O)c2cc(N3CCC(F)(F)CC3)c3c(ccn3C)c2)c(N2CCC3(CC2)CC3)c1. The van der Waals surface area contributed by atoms with Crippen LogP contribution < -0.4 is 19.8 Å². The number of aromatic nitrogens is 1. The molecule has 3 heterocycles. The van der Waals surface area contributed by atoms with Gasteiger partial charge in [-0.1, -0.05) is 0 Å². The number of sulfonamides is 1. The standard InChI is InChI=1S/C31H39F2N5O4S/c1-21(20-39)35-43(41,42)24-3-4-25(26(19-24)37-13-8-30(6-7-30)9-14-37)34-29(40)23-17-22-5-12-36(2)28(22)27(18-23)38-15-10-31(32,33)11-16-38/h3-5,12,17-19,21,35,39H,6-11,13-16,20H2,1-2H3,(H,34,40)/t21-/m1/s1. The molecule has 43 heavy (non-hydrogen) atoms. The number of piperidine rings is 2. The summed E-state index contributed by atoms with van der Waals surface area (Å²) in [5.41, 5.74) is 3.54. The van der Waals surface area contributed by atoms with Crippen molar-refractivity contribution in [3.8, 4) is 0 Å². The van der Waals surface area contributed by atoms with Gasteiger partial charge in [-0.25, -0.2) is 21.9 Å². The van der Waals surface area contributed by atoms with Crippen LogP contribution in [0, 0.1) is 5.41 Å². The second kappa shape index (κ2) is 11.0. The Balaban J connectivity index is 1.32. The van der Waals surface area contributed by atoms with Crippen molar-refractivity contribution in [1.29, 1.82) is 0 Å². The van der Waals surface area contributed by atoms with E-state index in [1.807, 2.05) is 28.8 Å². The van der Waals surface area contributed by atoms with Crippen molar-refractivity contribution in [1.82, 2.24) is 9.29 Å². The summed E-state index contributed by atoms with van der Waals surface area (Å²) >= 11 is 0. The third-order valence-corrected chi connectivity index (χ3v) is 10.9. The Morgan fingerprint density at radius 2 is 1.60 bits per heavy atom. The summed E-state index contributed by atoms with van der Waals surface area (Å²) in [7, 11) is -2.00. The number of amides is 1. The first-order valence-corrected chi connectivity index (χ1v) is 16.4. The van der Waals surface area contributed by atoms with Gasteiger partial charge in [-0.2, -0.15) is 0 Å². The highest BCUT2D eigenvalue weighted by Gasteiger charge is 2.44. The number of halogens is 2. The number of benzene rings is 2. The van der Waals surface area contributed by atoms with Crippen LogP contribution >= 0.6 is 0 Å². The molecule has 3 aromatic rings. The van der Waals surface area contributed by atoms with E-state index in [1.165, 1.54) is 18.9 Å². The molecule has 1 spiro atoms. The average molecular weight is 616 g/mol. The molecule has 1 aromatic heterocycles. The Bertz CT molecular complexity index is 1630. The molecule has 1 saturated carbocycles. The lowest BCUT2D eigenvalue weighted by molar-refractivity contribution is -0.0220. The molecule has 2 aromatic carbocycles. The van der Waals surface area contributed by atoms with Gasteiger partial charge < -0.3 is 24.8 Å². The molecule has 1 atom stereocenters. The lowest BCUT2D eigenvalue weighted by atomic mass is 9.93. The molecule has 3 N–H and O–H groups in total. The maximum atomic E-state index is 13.9. The van der Waals surface area contributed by atoms with Crippen molar-refractivity contribution in [3.05, 3.63) is 48.2 Å². The first-order valence-electron chi connectivity index (χ1n) is 14.9. The quantitative estimate of drug-likeness (QED) is 0.339. The first-order chi connectivity index (χ1) is 20.4. The highest BCUT2D eigenvalue weighted by molar-refractivity contribution is 7.89. The van der Waals surface area contributed by atoms with Gasteiger partial charge in [0, 0.05) is 69.3 Å². The van der Waals surface area contributed by atoms with Crippen molar-refractivity contribution in [2.45, 2.75) is 62.3 Å². The molecule has 9 nitrogen and oxygen atoms in total. The maximum absolute atomic E-state index is 13.9. The summed E-state index contributed by atoms with van der Waals surface area (Å²) in [6.07, 6.45) is 5.89. The lowest BCUT2D eigenvalue weighted by Gasteiger charge is -2.35. The fraction of sp³-hybridized carbons (Fsp3) is 0.516. The minimum absolute atomic E-state index is 0.0578. The van der Waals surface area contributed by atoms with Crippen molar-refractivity contribution in [2.75, 3.05) is 47.9 Å². The number of carbonyl (C=O) groups excluding carboxylic acids is 1. The second-order valence-corrected chi connectivity index (χ2v) is 14.2. The number of aliphatic hydroxyl groups excluding tert-OH is 1. The summed E-state index contributed by atoms with van der Waals surface area (Å²) in [5, 5.41) is 13.2. The molecule has 232 valence electrons. The zero-order valence-corrected chi connectivity index (χ0v) is 25.4. The lowest BCUT2D eigenvalue weighted by Crippen LogP contribution is -2.39. The van der Waals surface area contributed by atoms with E-state index in [9.17, 15) is 27.1 Å². The van der Waals surface area contributed by atoms with E-state index in [0.29, 0.717) is 22.4 Å². The van der Waals surface area contributed by atoms with Crippen molar-refractivity contribution < 1.29 is 27.1 Å². The molecule has 3 fully saturated rings. The summed E-state index contributed by atoms with van der Waals surface area (Å²) in [6.45, 7) is 3.15. The van der Waals surface area contributed by atoms with E-state index < -0.39 is 22.0 Å². The zero-order chi connectivity index (χ0) is 30.6. The number of nitrogens with zero attached hydrogens (tertiary/aromatic N) is 3. The van der Waals surface area contributed by atoms with Crippen LogP contribution in [0.1, 0.15) is 55.8 Å². The van der Waals surface area contributed by atoms with Crippen LogP contribution in [-0.2, 0) is 17.1 Å². The number of aliphatic hydroxyl groups is 1. The van der Waals surface area contributed by atoms with Crippen molar-refractivity contribution in [2.24, 2.45) is 12.5 Å². The number of fused-ring (bicyclic) bond motifs is 1. The van der Waals surface area contributed by atoms with Gasteiger partial charge in [0.1, 0.15) is 0 Å². The van der Waals surface area contributed by atoms with Crippen LogP contribution in [-0.4, -0.2) is 68.7 Å². The van der Waals surface area contributed by atoms with E-state index in [-0.39, 0.29) is 43.3 Å². The summed E-state index contributed by atoms with van der Waals surface area (Å²) < 4.78 is 58.5. The molecular formula is C31H39F2N5O4S. The molecule has 1 aliphatic carbocycles. The third-order valence-electron chi connectivity index (χ3n) is 9.33. The number of alkyl halides is 2. The molecule has 6 rings (SSSR count). The Morgan fingerprint density at radius 3 is 2.26 bits per heavy atom. The predicted octanol–water partition coefficient (Wildman–Crippen LogP) is 4.71. The van der Waals surface area contributed by atoms with E-state index in [0.717, 1.165) is 42.5 Å². The highest BCUT2D eigenvalue weighted by atomic mass is 32.2. The topological polar surface area (TPSA) is 107 Å². The number of hydrogen-bond acceptors (Lipinski definition) is 6. The Hall–Kier alpha value is -3.22. The van der Waals surface area contributed by atoms with Gasteiger partial charge in [-0.05, 0) is 74.4 Å². The van der Waals surface area contributed by atoms with Gasteiger partial charge in [0.05, 0.1) is 34.1 Å². The van der Waals surface area contributed by atoms with Gasteiger partial charge in [-0.15, -0.1) is 0 Å². The van der Waals surface area contributed by atoms with Gasteiger partial charge in [0.2, 0.25) is 10.0 Å². The van der Waals surface area contributed by atoms with Gasteiger partial charge in [-0.3, -0.25) is 4.79 Å². The molecule has 12 heteroatoms. The normalized spacial score (nSPS) is 20.4. The number of rotatable bonds is 8. The van der Waals surface area contributed by atoms with Crippen LogP contribution in [0.2, 0.25) is 0 Å². The summed E-state index contributed by atoms with van der Waals surface area (Å²) in [6, 6.07) is 9.47. The van der Waals surface area contributed by atoms with Crippen LogP contribution in [0.4, 0.5) is 25.8 Å². The number of hydrogen-bond donors (Lipinski definition) is 3. The van der Waals surface area contributed by atoms with E-state index >= 15 is 0 Å². The average Bonchev–Trinajstić information content (AvgIpc) is 3.63. The molecule has 0 unspecified atom stereocenters. The van der Waals surface area contributed by atoms with E-state index in [4.69, 9.17) is 0 Å². The monoisotopic (exact) mass is 615 g/mol. The van der Waals surface area contributed by atoms with Gasteiger partial charge in [0.15, 0.2) is 0 Å². The summed E-state index contributed by atoms with van der Waals surface area (Å²) in [4.78, 5) is 17.9. The van der Waals surface area contributed by atoms with Gasteiger partial charge >= 0.3 is 0 Å². The predicted molar refractivity (Wildman–Crippen MR) is 164 cm³/mol. The molecule has 2 aliphatic heterocycles. The Kier molecular flexibility index (Phi) is 7.67. The maximum Gasteiger partial charge on any atom is 0.255 e. The van der Waals surface area contributed by atoms with Crippen LogP contribution in [0.5, 0.6) is 0 Å². The van der Waals surface area contributed by atoms with E-state index in [1.54, 1.807) is 31.2 Å². The van der Waals surface area contributed by atoms with Gasteiger partial charge in [0.25, 0.3) is 11.8 Å². The fourth-order valence-corrected chi connectivity index (χ4v) is 7.63. The molecule has 3 aliphatic rings.